The first-order valence-electron chi connectivity index (χ1n) is 16.3. The Morgan fingerprint density at radius 1 is 0.686 bits per heavy atom. The van der Waals surface area contributed by atoms with Crippen LogP contribution in [0.4, 0.5) is 11.6 Å². The van der Waals surface area contributed by atoms with Gasteiger partial charge in [-0.2, -0.15) is 0 Å². The van der Waals surface area contributed by atoms with Crippen LogP contribution in [-0.4, -0.2) is 158 Å². The van der Waals surface area contributed by atoms with E-state index in [-0.39, 0.29) is 24.9 Å². The second-order valence-electron chi connectivity index (χ2n) is 12.3. The Morgan fingerprint density at radius 2 is 1.18 bits per heavy atom. The number of ether oxygens (including phenoxy) is 2. The van der Waals surface area contributed by atoms with E-state index in [0.717, 1.165) is 6.42 Å². The molecule has 20 heteroatoms. The highest BCUT2D eigenvalue weighted by atomic mass is 16.6. The summed E-state index contributed by atoms with van der Waals surface area (Å²) >= 11 is 0. The van der Waals surface area contributed by atoms with Crippen molar-refractivity contribution in [3.05, 3.63) is 49.6 Å². The van der Waals surface area contributed by atoms with Gasteiger partial charge in [0.05, 0.1) is 19.2 Å². The molecule has 4 aromatic heterocycles. The van der Waals surface area contributed by atoms with Crippen LogP contribution in [0.25, 0.3) is 22.3 Å². The first-order chi connectivity index (χ1) is 24.7. The second-order valence-corrected chi connectivity index (χ2v) is 12.3. The summed E-state index contributed by atoms with van der Waals surface area (Å²) in [7, 11) is 3.45. The van der Waals surface area contributed by atoms with E-state index in [1.54, 1.807) is 39.1 Å². The number of carbonyl (C=O) groups excluding carboxylic acids is 2. The van der Waals surface area contributed by atoms with Crippen molar-refractivity contribution in [3.63, 3.8) is 0 Å². The molecule has 0 spiro atoms. The van der Waals surface area contributed by atoms with Crippen LogP contribution >= 0.6 is 0 Å². The summed E-state index contributed by atoms with van der Waals surface area (Å²) in [5, 5.41) is 47.5. The molecule has 4 aliphatic rings. The zero-order chi connectivity index (χ0) is 35.8. The number of aliphatic hydroxyl groups excluding tert-OH is 4. The highest BCUT2D eigenvalue weighted by molar-refractivity contribution is 5.90. The summed E-state index contributed by atoms with van der Waals surface area (Å²) in [6, 6.07) is 0. The molecule has 0 aliphatic carbocycles. The van der Waals surface area contributed by atoms with Crippen molar-refractivity contribution in [2.24, 2.45) is 0 Å². The summed E-state index contributed by atoms with van der Waals surface area (Å²) in [5.41, 5.74) is 2.05. The molecule has 2 amide bonds. The molecule has 2 saturated heterocycles. The Morgan fingerprint density at radius 3 is 1.65 bits per heavy atom. The molecular formula is C31H38N12O8. The SMILES string of the molecule is CNc1ncnc2c1ncn2C1OC(CN2CC=CC2=O)C(O)C1O.CNc1ncnc2c1ncn2C1OC(CN2CCC=CC2=O)C(O)C1O. The van der Waals surface area contributed by atoms with Crippen LogP contribution in [-0.2, 0) is 19.1 Å². The van der Waals surface area contributed by atoms with Crippen LogP contribution in [0, 0.1) is 0 Å². The topological polar surface area (TPSA) is 251 Å². The Balaban J connectivity index is 0.000000159. The van der Waals surface area contributed by atoms with Crippen molar-refractivity contribution < 1.29 is 39.5 Å². The molecule has 8 rings (SSSR count). The molecule has 0 saturated carbocycles. The molecule has 6 N–H and O–H groups in total. The van der Waals surface area contributed by atoms with E-state index < -0.39 is 49.1 Å². The van der Waals surface area contributed by atoms with E-state index in [4.69, 9.17) is 9.47 Å². The van der Waals surface area contributed by atoms with Crippen molar-refractivity contribution in [2.75, 3.05) is 50.9 Å². The predicted octanol–water partition coefficient (Wildman–Crippen LogP) is -1.84. The Bertz CT molecular complexity index is 1970. The average Bonchev–Trinajstić information content (AvgIpc) is 3.97. The van der Waals surface area contributed by atoms with Crippen molar-refractivity contribution in [3.8, 4) is 0 Å². The lowest BCUT2D eigenvalue weighted by molar-refractivity contribution is -0.130. The van der Waals surface area contributed by atoms with E-state index in [2.05, 4.69) is 40.5 Å². The average molecular weight is 707 g/mol. The Labute approximate surface area is 290 Å². The molecule has 0 radical (unpaired) electrons. The van der Waals surface area contributed by atoms with Gasteiger partial charge < -0.3 is 50.3 Å². The smallest absolute Gasteiger partial charge is 0.246 e. The fourth-order valence-corrected chi connectivity index (χ4v) is 6.55. The zero-order valence-corrected chi connectivity index (χ0v) is 27.7. The van der Waals surface area contributed by atoms with E-state index >= 15 is 0 Å². The van der Waals surface area contributed by atoms with Crippen LogP contribution in [0.5, 0.6) is 0 Å². The van der Waals surface area contributed by atoms with Crippen molar-refractivity contribution in [1.29, 1.82) is 0 Å². The molecule has 51 heavy (non-hydrogen) atoms. The van der Waals surface area contributed by atoms with Gasteiger partial charge in [0.2, 0.25) is 11.8 Å². The summed E-state index contributed by atoms with van der Waals surface area (Å²) in [4.78, 5) is 51.9. The minimum Gasteiger partial charge on any atom is -0.387 e. The Kier molecular flexibility index (Phi) is 9.59. The number of imidazole rings is 2. The normalized spacial score (nSPS) is 29.0. The maximum atomic E-state index is 11.9. The van der Waals surface area contributed by atoms with Gasteiger partial charge in [0.1, 0.15) is 60.3 Å². The maximum absolute atomic E-state index is 11.9. The number of hydrogen-bond donors (Lipinski definition) is 6. The van der Waals surface area contributed by atoms with Gasteiger partial charge in [0, 0.05) is 39.8 Å². The minimum atomic E-state index is -1.17. The first-order valence-corrected chi connectivity index (χ1v) is 16.3. The van der Waals surface area contributed by atoms with Gasteiger partial charge in [-0.1, -0.05) is 12.2 Å². The summed E-state index contributed by atoms with van der Waals surface area (Å²) in [6.07, 6.45) is 5.40. The largest absolute Gasteiger partial charge is 0.387 e. The molecule has 8 atom stereocenters. The first kappa shape index (κ1) is 34.3. The third kappa shape index (κ3) is 6.36. The van der Waals surface area contributed by atoms with Gasteiger partial charge in [0.15, 0.2) is 35.4 Å². The zero-order valence-electron chi connectivity index (χ0n) is 27.7. The molecule has 2 fully saturated rings. The fraction of sp³-hybridized carbons (Fsp3) is 0.484. The van der Waals surface area contributed by atoms with Gasteiger partial charge in [-0.3, -0.25) is 18.7 Å². The molecule has 20 nitrogen and oxygen atoms in total. The van der Waals surface area contributed by atoms with Crippen molar-refractivity contribution in [2.45, 2.75) is 55.5 Å². The molecule has 0 bridgehead atoms. The number of anilines is 2. The fourth-order valence-electron chi connectivity index (χ4n) is 6.55. The van der Waals surface area contributed by atoms with Crippen LogP contribution in [0.15, 0.2) is 49.6 Å². The number of aliphatic hydroxyl groups is 4. The number of amides is 2. The van der Waals surface area contributed by atoms with Gasteiger partial charge in [-0.25, -0.2) is 29.9 Å². The van der Waals surface area contributed by atoms with Crippen LogP contribution in [0.3, 0.4) is 0 Å². The van der Waals surface area contributed by atoms with Crippen LogP contribution in [0.1, 0.15) is 18.9 Å². The lowest BCUT2D eigenvalue weighted by Gasteiger charge is -2.27. The van der Waals surface area contributed by atoms with Crippen LogP contribution in [0.2, 0.25) is 0 Å². The number of aromatic nitrogens is 8. The van der Waals surface area contributed by atoms with Gasteiger partial charge >= 0.3 is 0 Å². The molecule has 0 aromatic carbocycles. The van der Waals surface area contributed by atoms with Crippen molar-refractivity contribution >= 4 is 45.8 Å². The Hall–Kier alpha value is -5.12. The molecular weight excluding hydrogens is 668 g/mol. The van der Waals surface area contributed by atoms with E-state index in [1.165, 1.54) is 37.5 Å². The summed E-state index contributed by atoms with van der Waals surface area (Å²) in [5.74, 6) is 0.865. The molecule has 8 heterocycles. The number of fused-ring (bicyclic) bond motifs is 2. The highest BCUT2D eigenvalue weighted by Crippen LogP contribution is 2.34. The summed E-state index contributed by atoms with van der Waals surface area (Å²) < 4.78 is 14.9. The van der Waals surface area contributed by atoms with Crippen LogP contribution < -0.4 is 10.6 Å². The number of nitrogens with one attached hydrogen (secondary N) is 2. The van der Waals surface area contributed by atoms with E-state index in [0.29, 0.717) is 47.1 Å². The minimum absolute atomic E-state index is 0.121. The van der Waals surface area contributed by atoms with E-state index in [9.17, 15) is 30.0 Å². The maximum Gasteiger partial charge on any atom is 0.246 e. The third-order valence-corrected chi connectivity index (χ3v) is 9.25. The quantitative estimate of drug-likeness (QED) is 0.118. The van der Waals surface area contributed by atoms with Gasteiger partial charge in [-0.05, 0) is 12.5 Å². The standard InChI is InChI=1S/C16H20N6O4.C15H18N6O4/c1-17-14-11-15(19-7-18-14)22(8-20-11)16-13(25)12(24)9(26-16)6-21-5-3-2-4-10(21)23;1-16-13-10-14(18-6-17-13)21(7-19-10)15-12(24)11(23)8(25-15)5-20-4-2-3-9(20)22/h2,4,7-9,12-13,16,24-25H,3,5-6H2,1H3,(H,17,18,19);2-3,6-8,11-12,15,23-24H,4-5H2,1H3,(H,16,17,18). The lowest BCUT2D eigenvalue weighted by atomic mass is 10.1. The third-order valence-electron chi connectivity index (χ3n) is 9.25. The number of rotatable bonds is 8. The molecule has 4 aromatic rings. The van der Waals surface area contributed by atoms with Gasteiger partial charge in [-0.15, -0.1) is 0 Å². The van der Waals surface area contributed by atoms with Crippen molar-refractivity contribution in [1.82, 2.24) is 48.8 Å². The number of nitrogens with zero attached hydrogens (tertiary/aromatic N) is 10. The predicted molar refractivity (Wildman–Crippen MR) is 178 cm³/mol. The van der Waals surface area contributed by atoms with E-state index in [1.807, 2.05) is 6.08 Å². The molecule has 270 valence electrons. The summed E-state index contributed by atoms with van der Waals surface area (Å²) in [6.45, 7) is 1.44. The monoisotopic (exact) mass is 706 g/mol. The highest BCUT2D eigenvalue weighted by Gasteiger charge is 2.46. The molecule has 4 aliphatic heterocycles. The second kappa shape index (κ2) is 14.2. The van der Waals surface area contributed by atoms with Gasteiger partial charge in [0.25, 0.3) is 0 Å². The number of carbonyl (C=O) groups is 2. The number of hydrogen-bond acceptors (Lipinski definition) is 16. The molecule has 8 unspecified atom stereocenters. The lowest BCUT2D eigenvalue weighted by Crippen LogP contribution is -2.43.